The molecule has 0 aliphatic carbocycles. The van der Waals surface area contributed by atoms with E-state index in [1.165, 1.54) is 43.6 Å². The zero-order valence-corrected chi connectivity index (χ0v) is 13.4. The van der Waals surface area contributed by atoms with Crippen molar-refractivity contribution < 1.29 is 0 Å². The maximum atomic E-state index is 3.62. The van der Waals surface area contributed by atoms with Crippen molar-refractivity contribution >= 4 is 0 Å². The molecule has 2 nitrogen and oxygen atoms in total. The Morgan fingerprint density at radius 3 is 2.45 bits per heavy atom. The van der Waals surface area contributed by atoms with Crippen LogP contribution in [0.25, 0.3) is 0 Å². The molecule has 2 heteroatoms. The molecule has 0 radical (unpaired) electrons. The highest BCUT2D eigenvalue weighted by atomic mass is 15.2. The number of benzene rings is 1. The molecule has 1 atom stereocenters. The first-order valence-corrected chi connectivity index (χ1v) is 8.21. The van der Waals surface area contributed by atoms with E-state index in [9.17, 15) is 0 Å². The van der Waals surface area contributed by atoms with Gasteiger partial charge >= 0.3 is 0 Å². The molecular formula is C18H30N2. The maximum absolute atomic E-state index is 3.62. The molecule has 0 aromatic heterocycles. The quantitative estimate of drug-likeness (QED) is 0.819. The predicted octanol–water partition coefficient (Wildman–Crippen LogP) is 3.46. The summed E-state index contributed by atoms with van der Waals surface area (Å²) in [6.45, 7) is 11.5. The van der Waals surface area contributed by atoms with Gasteiger partial charge < -0.3 is 5.32 Å². The number of rotatable bonds is 7. The summed E-state index contributed by atoms with van der Waals surface area (Å²) >= 11 is 0. The van der Waals surface area contributed by atoms with Crippen molar-refractivity contribution in [1.82, 2.24) is 10.2 Å². The van der Waals surface area contributed by atoms with Gasteiger partial charge in [-0.15, -0.1) is 0 Å². The van der Waals surface area contributed by atoms with Crippen LogP contribution < -0.4 is 5.32 Å². The molecule has 2 rings (SSSR count). The lowest BCUT2D eigenvalue weighted by molar-refractivity contribution is 0.216. The van der Waals surface area contributed by atoms with Crippen molar-refractivity contribution in [3.63, 3.8) is 0 Å². The van der Waals surface area contributed by atoms with Crippen molar-refractivity contribution in [3.05, 3.63) is 35.4 Å². The van der Waals surface area contributed by atoms with E-state index in [1.54, 1.807) is 0 Å². The number of nitrogens with one attached hydrogen (secondary N) is 1. The van der Waals surface area contributed by atoms with E-state index < -0.39 is 0 Å². The fourth-order valence-corrected chi connectivity index (χ4v) is 3.08. The van der Waals surface area contributed by atoms with Crippen LogP contribution in [0.1, 0.15) is 44.7 Å². The third-order valence-electron chi connectivity index (χ3n) is 4.10. The molecule has 0 amide bonds. The van der Waals surface area contributed by atoms with Gasteiger partial charge in [-0.05, 0) is 42.9 Å². The fourth-order valence-electron chi connectivity index (χ4n) is 3.08. The van der Waals surface area contributed by atoms with Crippen LogP contribution in [0.3, 0.4) is 0 Å². The van der Waals surface area contributed by atoms with Gasteiger partial charge in [-0.3, -0.25) is 4.90 Å². The van der Waals surface area contributed by atoms with Gasteiger partial charge in [0.2, 0.25) is 0 Å². The summed E-state index contributed by atoms with van der Waals surface area (Å²) in [6, 6.07) is 9.85. The molecule has 1 aliphatic heterocycles. The minimum absolute atomic E-state index is 0.698. The maximum Gasteiger partial charge on any atom is 0.0234 e. The molecule has 20 heavy (non-hydrogen) atoms. The van der Waals surface area contributed by atoms with Crippen LogP contribution in [0.2, 0.25) is 0 Å². The average Bonchev–Trinajstić information content (AvgIpc) is 2.91. The average molecular weight is 274 g/mol. The third-order valence-corrected chi connectivity index (χ3v) is 4.10. The first kappa shape index (κ1) is 15.5. The molecule has 0 spiro atoms. The molecule has 1 saturated heterocycles. The van der Waals surface area contributed by atoms with E-state index in [1.807, 2.05) is 0 Å². The first-order valence-electron chi connectivity index (χ1n) is 8.21. The van der Waals surface area contributed by atoms with Crippen molar-refractivity contribution in [1.29, 1.82) is 0 Å². The Labute approximate surface area is 124 Å². The highest BCUT2D eigenvalue weighted by molar-refractivity contribution is 5.22. The Hall–Kier alpha value is -0.860. The van der Waals surface area contributed by atoms with Crippen LogP contribution >= 0.6 is 0 Å². The van der Waals surface area contributed by atoms with Crippen molar-refractivity contribution in [2.75, 3.05) is 19.6 Å². The molecule has 0 saturated carbocycles. The SMILES string of the molecule is CCc1ccc(CN(CC(C)C)CC2CCCN2)cc1. The minimum atomic E-state index is 0.698. The summed E-state index contributed by atoms with van der Waals surface area (Å²) in [5.74, 6) is 0.728. The van der Waals surface area contributed by atoms with Gasteiger partial charge in [0.15, 0.2) is 0 Å². The fraction of sp³-hybridized carbons (Fsp3) is 0.667. The van der Waals surface area contributed by atoms with Crippen LogP contribution in [-0.2, 0) is 13.0 Å². The first-order chi connectivity index (χ1) is 9.67. The Morgan fingerprint density at radius 1 is 1.20 bits per heavy atom. The van der Waals surface area contributed by atoms with Crippen molar-refractivity contribution in [3.8, 4) is 0 Å². The van der Waals surface area contributed by atoms with Crippen LogP contribution in [-0.4, -0.2) is 30.6 Å². The summed E-state index contributed by atoms with van der Waals surface area (Å²) in [4.78, 5) is 2.62. The summed E-state index contributed by atoms with van der Waals surface area (Å²) in [7, 11) is 0. The zero-order valence-electron chi connectivity index (χ0n) is 13.4. The summed E-state index contributed by atoms with van der Waals surface area (Å²) in [5, 5.41) is 3.62. The highest BCUT2D eigenvalue weighted by Crippen LogP contribution is 2.13. The Bertz CT molecular complexity index is 377. The molecule has 1 unspecified atom stereocenters. The Kier molecular flexibility index (Phi) is 6.06. The second-order valence-corrected chi connectivity index (χ2v) is 6.55. The van der Waals surface area contributed by atoms with E-state index in [0.29, 0.717) is 6.04 Å². The Balaban J connectivity index is 1.94. The molecule has 0 bridgehead atoms. The lowest BCUT2D eigenvalue weighted by atomic mass is 10.1. The van der Waals surface area contributed by atoms with Crippen LogP contribution in [0.4, 0.5) is 0 Å². The van der Waals surface area contributed by atoms with Gasteiger partial charge in [-0.25, -0.2) is 0 Å². The zero-order chi connectivity index (χ0) is 14.4. The number of hydrogen-bond donors (Lipinski definition) is 1. The molecule has 1 heterocycles. The monoisotopic (exact) mass is 274 g/mol. The lowest BCUT2D eigenvalue weighted by Gasteiger charge is -2.27. The molecule has 112 valence electrons. The second-order valence-electron chi connectivity index (χ2n) is 6.55. The molecule has 1 aromatic carbocycles. The topological polar surface area (TPSA) is 15.3 Å². The second kappa shape index (κ2) is 7.80. The van der Waals surface area contributed by atoms with Crippen LogP contribution in [0, 0.1) is 5.92 Å². The normalized spacial score (nSPS) is 19.1. The van der Waals surface area contributed by atoms with Gasteiger partial charge in [0, 0.05) is 25.7 Å². The highest BCUT2D eigenvalue weighted by Gasteiger charge is 2.18. The third kappa shape index (κ3) is 4.92. The number of nitrogens with zero attached hydrogens (tertiary/aromatic N) is 1. The van der Waals surface area contributed by atoms with Gasteiger partial charge in [0.05, 0.1) is 0 Å². The molecule has 1 fully saturated rings. The smallest absolute Gasteiger partial charge is 0.0234 e. The molecule has 1 N–H and O–H groups in total. The van der Waals surface area contributed by atoms with E-state index in [4.69, 9.17) is 0 Å². The van der Waals surface area contributed by atoms with Gasteiger partial charge in [-0.2, -0.15) is 0 Å². The summed E-state index contributed by atoms with van der Waals surface area (Å²) in [6.07, 6.45) is 3.80. The van der Waals surface area contributed by atoms with E-state index >= 15 is 0 Å². The van der Waals surface area contributed by atoms with Gasteiger partial charge in [-0.1, -0.05) is 45.0 Å². The van der Waals surface area contributed by atoms with Gasteiger partial charge in [0.1, 0.15) is 0 Å². The molecular weight excluding hydrogens is 244 g/mol. The standard InChI is InChI=1S/C18H30N2/c1-4-16-7-9-17(10-8-16)13-20(12-15(2)3)14-18-6-5-11-19-18/h7-10,15,18-19H,4-6,11-14H2,1-3H3. The predicted molar refractivity (Wildman–Crippen MR) is 87.0 cm³/mol. The minimum Gasteiger partial charge on any atom is -0.313 e. The Morgan fingerprint density at radius 2 is 1.90 bits per heavy atom. The van der Waals surface area contributed by atoms with Crippen LogP contribution in [0.5, 0.6) is 0 Å². The largest absolute Gasteiger partial charge is 0.313 e. The summed E-state index contributed by atoms with van der Waals surface area (Å²) < 4.78 is 0. The summed E-state index contributed by atoms with van der Waals surface area (Å²) in [5.41, 5.74) is 2.88. The lowest BCUT2D eigenvalue weighted by Crippen LogP contribution is -2.38. The van der Waals surface area contributed by atoms with E-state index in [2.05, 4.69) is 55.3 Å². The van der Waals surface area contributed by atoms with Crippen molar-refractivity contribution in [2.45, 2.75) is 52.6 Å². The molecule has 1 aromatic rings. The number of hydrogen-bond acceptors (Lipinski definition) is 2. The van der Waals surface area contributed by atoms with Gasteiger partial charge in [0.25, 0.3) is 0 Å². The van der Waals surface area contributed by atoms with Crippen molar-refractivity contribution in [2.24, 2.45) is 5.92 Å². The molecule has 1 aliphatic rings. The van der Waals surface area contributed by atoms with E-state index in [-0.39, 0.29) is 0 Å². The van der Waals surface area contributed by atoms with E-state index in [0.717, 1.165) is 18.9 Å². The van der Waals surface area contributed by atoms with Crippen LogP contribution in [0.15, 0.2) is 24.3 Å². The number of aryl methyl sites for hydroxylation is 1.